The summed E-state index contributed by atoms with van der Waals surface area (Å²) in [6.45, 7) is 0.490. The van der Waals surface area contributed by atoms with Crippen molar-refractivity contribution in [2.45, 2.75) is 18.7 Å². The zero-order valence-corrected chi connectivity index (χ0v) is 7.47. The normalized spacial score (nSPS) is 25.5. The van der Waals surface area contributed by atoms with Crippen molar-refractivity contribution in [3.8, 4) is 0 Å². The SMILES string of the molecule is O=C(O)C1NCc2ccccc2C1O. The van der Waals surface area contributed by atoms with Crippen molar-refractivity contribution in [1.29, 1.82) is 0 Å². The van der Waals surface area contributed by atoms with Crippen LogP contribution in [0.25, 0.3) is 0 Å². The molecule has 0 saturated carbocycles. The first-order valence-electron chi connectivity index (χ1n) is 4.42. The van der Waals surface area contributed by atoms with Crippen molar-refractivity contribution in [3.05, 3.63) is 35.4 Å². The first-order chi connectivity index (χ1) is 6.70. The number of carbonyl (C=O) groups is 1. The molecule has 14 heavy (non-hydrogen) atoms. The molecule has 0 amide bonds. The van der Waals surface area contributed by atoms with Gasteiger partial charge in [-0.05, 0) is 11.1 Å². The highest BCUT2D eigenvalue weighted by atomic mass is 16.4. The van der Waals surface area contributed by atoms with Gasteiger partial charge in [0.1, 0.15) is 12.1 Å². The molecule has 0 radical (unpaired) electrons. The third-order valence-corrected chi connectivity index (χ3v) is 2.47. The first-order valence-corrected chi connectivity index (χ1v) is 4.42. The number of carboxylic acid groups (broad SMARTS) is 1. The molecule has 0 spiro atoms. The van der Waals surface area contributed by atoms with E-state index in [4.69, 9.17) is 5.11 Å². The van der Waals surface area contributed by atoms with E-state index in [1.54, 1.807) is 12.1 Å². The molecule has 0 bridgehead atoms. The van der Waals surface area contributed by atoms with E-state index in [0.717, 1.165) is 5.56 Å². The molecule has 1 aliphatic rings. The summed E-state index contributed by atoms with van der Waals surface area (Å²) in [5.41, 5.74) is 1.66. The fraction of sp³-hybridized carbons (Fsp3) is 0.300. The Hall–Kier alpha value is -1.39. The number of carboxylic acids is 1. The van der Waals surface area contributed by atoms with Gasteiger partial charge in [0.25, 0.3) is 0 Å². The Morgan fingerprint density at radius 3 is 2.86 bits per heavy atom. The lowest BCUT2D eigenvalue weighted by atomic mass is 9.93. The Balaban J connectivity index is 2.36. The lowest BCUT2D eigenvalue weighted by Crippen LogP contribution is -2.44. The maximum Gasteiger partial charge on any atom is 0.323 e. The van der Waals surface area contributed by atoms with Gasteiger partial charge in [-0.25, -0.2) is 0 Å². The zero-order valence-electron chi connectivity index (χ0n) is 7.47. The number of fused-ring (bicyclic) bond motifs is 1. The fourth-order valence-corrected chi connectivity index (χ4v) is 1.72. The highest BCUT2D eigenvalue weighted by Gasteiger charge is 2.32. The molecule has 2 atom stereocenters. The first kappa shape index (κ1) is 9.18. The minimum atomic E-state index is -1.02. The van der Waals surface area contributed by atoms with Crippen LogP contribution in [0.5, 0.6) is 0 Å². The molecule has 2 rings (SSSR count). The standard InChI is InChI=1S/C10H11NO3/c12-9-7-4-2-1-3-6(7)5-11-8(9)10(13)14/h1-4,8-9,11-12H,5H2,(H,13,14). The molecular weight excluding hydrogens is 182 g/mol. The number of benzene rings is 1. The molecule has 4 nitrogen and oxygen atoms in total. The molecule has 1 heterocycles. The lowest BCUT2D eigenvalue weighted by Gasteiger charge is -2.28. The van der Waals surface area contributed by atoms with Gasteiger partial charge in [-0.1, -0.05) is 24.3 Å². The van der Waals surface area contributed by atoms with Crippen LogP contribution < -0.4 is 5.32 Å². The largest absolute Gasteiger partial charge is 0.480 e. The van der Waals surface area contributed by atoms with Gasteiger partial charge in [0, 0.05) is 6.54 Å². The average molecular weight is 193 g/mol. The Morgan fingerprint density at radius 1 is 1.43 bits per heavy atom. The highest BCUT2D eigenvalue weighted by Crippen LogP contribution is 2.25. The molecule has 0 aromatic heterocycles. The van der Waals surface area contributed by atoms with Crippen LogP contribution in [-0.4, -0.2) is 22.2 Å². The molecule has 74 valence electrons. The molecule has 0 saturated heterocycles. The summed E-state index contributed by atoms with van der Waals surface area (Å²) >= 11 is 0. The smallest absolute Gasteiger partial charge is 0.323 e. The van der Waals surface area contributed by atoms with Crippen molar-refractivity contribution in [2.75, 3.05) is 0 Å². The van der Waals surface area contributed by atoms with Crippen molar-refractivity contribution in [3.63, 3.8) is 0 Å². The van der Waals surface area contributed by atoms with Gasteiger partial charge in [0.15, 0.2) is 0 Å². The molecule has 1 aromatic rings. The predicted molar refractivity (Wildman–Crippen MR) is 49.7 cm³/mol. The predicted octanol–water partition coefficient (Wildman–Crippen LogP) is 0.276. The molecular formula is C10H11NO3. The minimum Gasteiger partial charge on any atom is -0.480 e. The van der Waals surface area contributed by atoms with Gasteiger partial charge in [-0.3, -0.25) is 10.1 Å². The maximum atomic E-state index is 10.8. The summed E-state index contributed by atoms with van der Waals surface area (Å²) in [6.07, 6.45) is -0.961. The van der Waals surface area contributed by atoms with E-state index in [9.17, 15) is 9.90 Å². The minimum absolute atomic E-state index is 0.490. The molecule has 1 aromatic carbocycles. The van der Waals surface area contributed by atoms with Crippen molar-refractivity contribution in [1.82, 2.24) is 5.32 Å². The number of hydrogen-bond donors (Lipinski definition) is 3. The van der Waals surface area contributed by atoms with Crippen LogP contribution in [0, 0.1) is 0 Å². The highest BCUT2D eigenvalue weighted by molar-refractivity contribution is 5.75. The van der Waals surface area contributed by atoms with E-state index in [0.29, 0.717) is 12.1 Å². The second-order valence-electron chi connectivity index (χ2n) is 3.34. The summed E-state index contributed by atoms with van der Waals surface area (Å²) < 4.78 is 0. The molecule has 0 aliphatic carbocycles. The van der Waals surface area contributed by atoms with Crippen molar-refractivity contribution >= 4 is 5.97 Å². The lowest BCUT2D eigenvalue weighted by molar-refractivity contribution is -0.143. The van der Waals surface area contributed by atoms with Gasteiger partial charge in [0.2, 0.25) is 0 Å². The summed E-state index contributed by atoms with van der Waals surface area (Å²) in [5, 5.41) is 21.3. The number of rotatable bonds is 1. The average Bonchev–Trinajstić information content (AvgIpc) is 2.18. The Kier molecular flexibility index (Phi) is 2.23. The van der Waals surface area contributed by atoms with Crippen LogP contribution in [0.1, 0.15) is 17.2 Å². The fourth-order valence-electron chi connectivity index (χ4n) is 1.72. The second kappa shape index (κ2) is 3.40. The monoisotopic (exact) mass is 193 g/mol. The number of nitrogens with one attached hydrogen (secondary N) is 1. The van der Waals surface area contributed by atoms with E-state index in [1.165, 1.54) is 0 Å². The Morgan fingerprint density at radius 2 is 2.14 bits per heavy atom. The van der Waals surface area contributed by atoms with Crippen molar-refractivity contribution in [2.24, 2.45) is 0 Å². The van der Waals surface area contributed by atoms with Crippen molar-refractivity contribution < 1.29 is 15.0 Å². The van der Waals surface area contributed by atoms with Gasteiger partial charge in [0.05, 0.1) is 0 Å². The van der Waals surface area contributed by atoms with Crippen LogP contribution in [0.2, 0.25) is 0 Å². The van der Waals surface area contributed by atoms with Gasteiger partial charge < -0.3 is 10.2 Å². The molecule has 2 unspecified atom stereocenters. The number of hydrogen-bond acceptors (Lipinski definition) is 3. The third kappa shape index (κ3) is 1.38. The molecule has 1 aliphatic heterocycles. The summed E-state index contributed by atoms with van der Waals surface area (Å²) in [5.74, 6) is -1.02. The van der Waals surface area contributed by atoms with E-state index in [1.807, 2.05) is 12.1 Å². The third-order valence-electron chi connectivity index (χ3n) is 2.47. The number of aliphatic hydroxyl groups is 1. The summed E-state index contributed by atoms with van der Waals surface area (Å²) in [4.78, 5) is 10.8. The van der Waals surface area contributed by atoms with Crippen LogP contribution in [0.4, 0.5) is 0 Å². The second-order valence-corrected chi connectivity index (χ2v) is 3.34. The van der Waals surface area contributed by atoms with Gasteiger partial charge >= 0.3 is 5.97 Å². The number of aliphatic hydroxyl groups excluding tert-OH is 1. The topological polar surface area (TPSA) is 69.6 Å². The van der Waals surface area contributed by atoms with Gasteiger partial charge in [-0.2, -0.15) is 0 Å². The Labute approximate surface area is 81.2 Å². The summed E-state index contributed by atoms with van der Waals surface area (Å²) in [7, 11) is 0. The summed E-state index contributed by atoms with van der Waals surface area (Å²) in [6, 6.07) is 6.41. The van der Waals surface area contributed by atoms with Crippen LogP contribution in [0.3, 0.4) is 0 Å². The van der Waals surface area contributed by atoms with E-state index >= 15 is 0 Å². The molecule has 0 fully saturated rings. The zero-order chi connectivity index (χ0) is 10.1. The van der Waals surface area contributed by atoms with Crippen LogP contribution in [-0.2, 0) is 11.3 Å². The maximum absolute atomic E-state index is 10.8. The quantitative estimate of drug-likeness (QED) is 0.599. The van der Waals surface area contributed by atoms with E-state index in [-0.39, 0.29) is 0 Å². The molecule has 4 heteroatoms. The number of aliphatic carboxylic acids is 1. The Bertz CT molecular complexity index is 364. The van der Waals surface area contributed by atoms with E-state index in [2.05, 4.69) is 5.32 Å². The van der Waals surface area contributed by atoms with Gasteiger partial charge in [-0.15, -0.1) is 0 Å². The van der Waals surface area contributed by atoms with Crippen LogP contribution >= 0.6 is 0 Å². The van der Waals surface area contributed by atoms with Crippen LogP contribution in [0.15, 0.2) is 24.3 Å². The van der Waals surface area contributed by atoms with E-state index < -0.39 is 18.1 Å². The molecule has 3 N–H and O–H groups in total.